The summed E-state index contributed by atoms with van der Waals surface area (Å²) in [5.41, 5.74) is 0.349. The van der Waals surface area contributed by atoms with Gasteiger partial charge < -0.3 is 9.84 Å². The second kappa shape index (κ2) is 7.05. The van der Waals surface area contributed by atoms with Gasteiger partial charge in [-0.3, -0.25) is 19.8 Å². The van der Waals surface area contributed by atoms with Gasteiger partial charge in [-0.15, -0.1) is 0 Å². The fourth-order valence-electron chi connectivity index (χ4n) is 4.35. The van der Waals surface area contributed by atoms with Crippen LogP contribution in [-0.2, 0) is 25.5 Å². The van der Waals surface area contributed by atoms with Crippen LogP contribution in [0.4, 0.5) is 0 Å². The Morgan fingerprint density at radius 1 is 1.26 bits per heavy atom. The van der Waals surface area contributed by atoms with Crippen LogP contribution in [0.1, 0.15) is 31.0 Å². The normalized spacial score (nSPS) is 30.1. The van der Waals surface area contributed by atoms with E-state index >= 15 is 0 Å². The van der Waals surface area contributed by atoms with Crippen LogP contribution in [0, 0.1) is 17.8 Å². The molecule has 27 heavy (non-hydrogen) atoms. The number of hydrogen-bond acceptors (Lipinski definition) is 6. The van der Waals surface area contributed by atoms with E-state index in [0.29, 0.717) is 5.92 Å². The number of amides is 2. The first-order chi connectivity index (χ1) is 12.8. The van der Waals surface area contributed by atoms with Gasteiger partial charge in [-0.2, -0.15) is 0 Å². The standard InChI is InChI=1S/C20H26N2O5/c1-11(2)9-12-5-7-13(8-6-12)16-14-15(18(25)22(3)17(14)24)20(10-23,21-16)19(26)27-4/h5-8,11,14-16,21,23H,9-10H2,1-4H3/t14-,15-,16-,20-/m1/s1. The van der Waals surface area contributed by atoms with Gasteiger partial charge in [-0.25, -0.2) is 4.79 Å². The predicted molar refractivity (Wildman–Crippen MR) is 97.5 cm³/mol. The third-order valence-electron chi connectivity index (χ3n) is 5.66. The van der Waals surface area contributed by atoms with Crippen LogP contribution in [0.3, 0.4) is 0 Å². The number of nitrogens with zero attached hydrogens (tertiary/aromatic N) is 1. The number of imide groups is 1. The van der Waals surface area contributed by atoms with Gasteiger partial charge in [-0.1, -0.05) is 38.1 Å². The topological polar surface area (TPSA) is 95.9 Å². The minimum absolute atomic E-state index is 0.354. The van der Waals surface area contributed by atoms with Gasteiger partial charge >= 0.3 is 5.97 Å². The fourth-order valence-corrected chi connectivity index (χ4v) is 4.35. The van der Waals surface area contributed by atoms with Gasteiger partial charge in [0.25, 0.3) is 0 Å². The van der Waals surface area contributed by atoms with E-state index in [9.17, 15) is 19.5 Å². The highest BCUT2D eigenvalue weighted by Crippen LogP contribution is 2.48. The van der Waals surface area contributed by atoms with Crippen LogP contribution in [0.5, 0.6) is 0 Å². The maximum absolute atomic E-state index is 12.7. The summed E-state index contributed by atoms with van der Waals surface area (Å²) in [4.78, 5) is 39.0. The number of aliphatic hydroxyl groups excluding tert-OH is 1. The second-order valence-corrected chi connectivity index (χ2v) is 7.82. The summed E-state index contributed by atoms with van der Waals surface area (Å²) >= 11 is 0. The van der Waals surface area contributed by atoms with Crippen LogP contribution >= 0.6 is 0 Å². The zero-order valence-electron chi connectivity index (χ0n) is 16.1. The number of esters is 1. The number of ether oxygens (including phenoxy) is 1. The number of carbonyl (C=O) groups is 3. The molecular formula is C20H26N2O5. The molecule has 0 bridgehead atoms. The lowest BCUT2D eigenvalue weighted by Crippen LogP contribution is -2.58. The number of methoxy groups -OCH3 is 1. The predicted octanol–water partition coefficient (Wildman–Crippen LogP) is 0.664. The number of aliphatic hydroxyl groups is 1. The van der Waals surface area contributed by atoms with E-state index in [1.807, 2.05) is 24.3 Å². The van der Waals surface area contributed by atoms with Crippen LogP contribution in [-0.4, -0.2) is 54.1 Å². The van der Waals surface area contributed by atoms with Crippen LogP contribution in [0.25, 0.3) is 0 Å². The zero-order valence-corrected chi connectivity index (χ0v) is 16.1. The van der Waals surface area contributed by atoms with Gasteiger partial charge in [0.05, 0.1) is 25.6 Å². The van der Waals surface area contributed by atoms with Gasteiger partial charge in [0.1, 0.15) is 0 Å². The Kier molecular flexibility index (Phi) is 5.10. The fraction of sp³-hybridized carbons (Fsp3) is 0.550. The lowest BCUT2D eigenvalue weighted by atomic mass is 9.79. The number of rotatable bonds is 5. The lowest BCUT2D eigenvalue weighted by Gasteiger charge is -2.30. The first kappa shape index (κ1) is 19.5. The average molecular weight is 374 g/mol. The van der Waals surface area contributed by atoms with Crippen LogP contribution in [0.15, 0.2) is 24.3 Å². The molecule has 0 unspecified atom stereocenters. The number of benzene rings is 1. The first-order valence-corrected chi connectivity index (χ1v) is 9.14. The van der Waals surface area contributed by atoms with Crippen LogP contribution in [0.2, 0.25) is 0 Å². The van der Waals surface area contributed by atoms with E-state index in [-0.39, 0.29) is 5.91 Å². The van der Waals surface area contributed by atoms with Crippen molar-refractivity contribution in [2.24, 2.45) is 17.8 Å². The van der Waals surface area contributed by atoms with Gasteiger partial charge in [0.15, 0.2) is 5.54 Å². The lowest BCUT2D eigenvalue weighted by molar-refractivity contribution is -0.156. The van der Waals surface area contributed by atoms with Crippen molar-refractivity contribution in [1.82, 2.24) is 10.2 Å². The molecule has 7 heteroatoms. The summed E-state index contributed by atoms with van der Waals surface area (Å²) in [6.45, 7) is 3.65. The molecule has 0 saturated carbocycles. The van der Waals surface area contributed by atoms with Crippen molar-refractivity contribution >= 4 is 17.8 Å². The number of fused-ring (bicyclic) bond motifs is 1. The molecule has 0 radical (unpaired) electrons. The minimum atomic E-state index is -1.63. The van der Waals surface area contributed by atoms with E-state index in [2.05, 4.69) is 19.2 Å². The summed E-state index contributed by atoms with van der Waals surface area (Å²) in [5, 5.41) is 13.1. The molecule has 1 aromatic carbocycles. The van der Waals surface area contributed by atoms with Crippen LogP contribution < -0.4 is 5.32 Å². The summed E-state index contributed by atoms with van der Waals surface area (Å²) in [6.07, 6.45) is 0.938. The molecule has 3 rings (SSSR count). The Balaban J connectivity index is 2.02. The van der Waals surface area contributed by atoms with Crippen molar-refractivity contribution < 1.29 is 24.2 Å². The van der Waals surface area contributed by atoms with Crippen molar-refractivity contribution in [3.8, 4) is 0 Å². The summed E-state index contributed by atoms with van der Waals surface area (Å²) < 4.78 is 4.86. The van der Waals surface area contributed by atoms with E-state index in [1.165, 1.54) is 19.7 Å². The van der Waals surface area contributed by atoms with E-state index in [1.54, 1.807) is 0 Å². The molecule has 2 N–H and O–H groups in total. The second-order valence-electron chi connectivity index (χ2n) is 7.82. The van der Waals surface area contributed by atoms with E-state index in [4.69, 9.17) is 4.74 Å². The largest absolute Gasteiger partial charge is 0.468 e. The first-order valence-electron chi connectivity index (χ1n) is 9.14. The van der Waals surface area contributed by atoms with Crippen molar-refractivity contribution in [3.63, 3.8) is 0 Å². The number of hydrogen-bond donors (Lipinski definition) is 2. The Labute approximate surface area is 158 Å². The molecule has 2 amide bonds. The number of carbonyl (C=O) groups excluding carboxylic acids is 3. The molecule has 2 saturated heterocycles. The molecule has 146 valence electrons. The summed E-state index contributed by atoms with van der Waals surface area (Å²) in [5.74, 6) is -2.80. The molecule has 4 atom stereocenters. The zero-order chi connectivity index (χ0) is 19.9. The van der Waals surface area contributed by atoms with Gasteiger partial charge in [0.2, 0.25) is 11.8 Å². The van der Waals surface area contributed by atoms with Crippen molar-refractivity contribution in [3.05, 3.63) is 35.4 Å². The number of nitrogens with one attached hydrogen (secondary N) is 1. The molecule has 2 fully saturated rings. The maximum Gasteiger partial charge on any atom is 0.329 e. The maximum atomic E-state index is 12.7. The highest BCUT2D eigenvalue weighted by molar-refractivity contribution is 6.09. The smallest absolute Gasteiger partial charge is 0.329 e. The Morgan fingerprint density at radius 3 is 2.41 bits per heavy atom. The molecule has 0 spiro atoms. The summed E-state index contributed by atoms with van der Waals surface area (Å²) in [7, 11) is 2.61. The van der Waals surface area contributed by atoms with Crippen molar-refractivity contribution in [1.29, 1.82) is 0 Å². The molecule has 7 nitrogen and oxygen atoms in total. The Bertz CT molecular complexity index is 760. The van der Waals surface area contributed by atoms with Crippen molar-refractivity contribution in [2.75, 3.05) is 20.8 Å². The van der Waals surface area contributed by atoms with Gasteiger partial charge in [0, 0.05) is 13.1 Å². The molecular weight excluding hydrogens is 348 g/mol. The third kappa shape index (κ3) is 2.95. The van der Waals surface area contributed by atoms with E-state index in [0.717, 1.165) is 16.9 Å². The molecule has 1 aromatic rings. The molecule has 2 aliphatic rings. The van der Waals surface area contributed by atoms with Crippen molar-refractivity contribution in [2.45, 2.75) is 31.8 Å². The molecule has 2 heterocycles. The number of likely N-dealkylation sites (tertiary alicyclic amines) is 1. The summed E-state index contributed by atoms with van der Waals surface area (Å²) in [6, 6.07) is 7.25. The monoisotopic (exact) mass is 374 g/mol. The third-order valence-corrected chi connectivity index (χ3v) is 5.66. The van der Waals surface area contributed by atoms with E-state index < -0.39 is 41.9 Å². The van der Waals surface area contributed by atoms with Gasteiger partial charge in [-0.05, 0) is 23.5 Å². The minimum Gasteiger partial charge on any atom is -0.468 e. The molecule has 0 aromatic heterocycles. The molecule has 0 aliphatic carbocycles. The highest BCUT2D eigenvalue weighted by Gasteiger charge is 2.68. The Morgan fingerprint density at radius 2 is 1.89 bits per heavy atom. The average Bonchev–Trinajstić information content (AvgIpc) is 3.12. The molecule has 2 aliphatic heterocycles. The Hall–Kier alpha value is -2.25. The highest BCUT2D eigenvalue weighted by atomic mass is 16.5. The quantitative estimate of drug-likeness (QED) is 0.581. The SMILES string of the molecule is COC(=O)[C@]1(CO)N[C@H](c2ccc(CC(C)C)cc2)[C@@H]2C(=O)N(C)C(=O)[C@@H]21.